The van der Waals surface area contributed by atoms with Crippen molar-refractivity contribution in [2.75, 3.05) is 19.0 Å². The van der Waals surface area contributed by atoms with E-state index in [2.05, 4.69) is 21.2 Å². The summed E-state index contributed by atoms with van der Waals surface area (Å²) in [7, 11) is 1.82. The lowest BCUT2D eigenvalue weighted by Crippen LogP contribution is -2.37. The summed E-state index contributed by atoms with van der Waals surface area (Å²) >= 11 is 3.44. The Bertz CT molecular complexity index is 132. The predicted octanol–water partition coefficient (Wildman–Crippen LogP) is 2.32. The van der Waals surface area contributed by atoms with Crippen LogP contribution in [0, 0.1) is 0 Å². The number of hydrogen-bond acceptors (Lipinski definition) is 2. The van der Waals surface area contributed by atoms with Crippen LogP contribution in [0.25, 0.3) is 0 Å². The van der Waals surface area contributed by atoms with Crippen LogP contribution in [0.4, 0.5) is 0 Å². The predicted molar refractivity (Wildman–Crippen MR) is 59.5 cm³/mol. The molecule has 13 heavy (non-hydrogen) atoms. The van der Waals surface area contributed by atoms with Crippen LogP contribution < -0.4 is 5.32 Å². The molecule has 0 spiro atoms. The van der Waals surface area contributed by atoms with E-state index in [0.29, 0.717) is 12.1 Å². The van der Waals surface area contributed by atoms with Crippen LogP contribution in [0.2, 0.25) is 0 Å². The molecule has 0 aromatic carbocycles. The third-order valence-electron chi connectivity index (χ3n) is 2.70. The molecule has 0 aromatic rings. The summed E-state index contributed by atoms with van der Waals surface area (Å²) in [6, 6.07) is 0.692. The molecule has 1 rings (SSSR count). The molecule has 1 fully saturated rings. The van der Waals surface area contributed by atoms with Crippen LogP contribution in [0.3, 0.4) is 0 Å². The fraction of sp³-hybridized carbons (Fsp3) is 1.00. The molecule has 0 radical (unpaired) electrons. The van der Waals surface area contributed by atoms with Crippen molar-refractivity contribution in [1.82, 2.24) is 5.32 Å². The quantitative estimate of drug-likeness (QED) is 0.597. The number of methoxy groups -OCH3 is 1. The second-order valence-electron chi connectivity index (χ2n) is 3.72. The summed E-state index contributed by atoms with van der Waals surface area (Å²) in [4.78, 5) is 0. The van der Waals surface area contributed by atoms with Gasteiger partial charge in [-0.3, -0.25) is 0 Å². The summed E-state index contributed by atoms with van der Waals surface area (Å²) < 4.78 is 5.38. The zero-order valence-corrected chi connectivity index (χ0v) is 9.98. The molecule has 0 heterocycles. The monoisotopic (exact) mass is 249 g/mol. The first-order chi connectivity index (χ1) is 6.36. The summed E-state index contributed by atoms with van der Waals surface area (Å²) in [5, 5.41) is 4.67. The molecule has 1 aliphatic rings. The molecule has 1 saturated carbocycles. The average molecular weight is 250 g/mol. The van der Waals surface area contributed by atoms with E-state index in [-0.39, 0.29) is 0 Å². The minimum atomic E-state index is 0.496. The van der Waals surface area contributed by atoms with E-state index in [9.17, 15) is 0 Å². The SMILES string of the molecule is COC1CCCC(NCCCBr)C1. The maximum absolute atomic E-state index is 5.38. The molecule has 0 aliphatic heterocycles. The normalized spacial score (nSPS) is 29.1. The van der Waals surface area contributed by atoms with Gasteiger partial charge >= 0.3 is 0 Å². The average Bonchev–Trinajstić information content (AvgIpc) is 2.19. The van der Waals surface area contributed by atoms with E-state index in [0.717, 1.165) is 11.9 Å². The Morgan fingerprint density at radius 1 is 1.46 bits per heavy atom. The maximum Gasteiger partial charge on any atom is 0.0586 e. The maximum atomic E-state index is 5.38. The van der Waals surface area contributed by atoms with Crippen molar-refractivity contribution in [2.45, 2.75) is 44.2 Å². The number of nitrogens with one attached hydrogen (secondary N) is 1. The van der Waals surface area contributed by atoms with Crippen molar-refractivity contribution in [1.29, 1.82) is 0 Å². The van der Waals surface area contributed by atoms with Crippen LogP contribution in [0.1, 0.15) is 32.1 Å². The van der Waals surface area contributed by atoms with Crippen molar-refractivity contribution in [3.8, 4) is 0 Å². The Balaban J connectivity index is 2.11. The van der Waals surface area contributed by atoms with Gasteiger partial charge in [-0.25, -0.2) is 0 Å². The summed E-state index contributed by atoms with van der Waals surface area (Å²) in [6.07, 6.45) is 6.78. The molecule has 0 bridgehead atoms. The largest absolute Gasteiger partial charge is 0.381 e. The highest BCUT2D eigenvalue weighted by molar-refractivity contribution is 9.09. The highest BCUT2D eigenvalue weighted by Gasteiger charge is 2.20. The standard InChI is InChI=1S/C10H20BrNO/c1-13-10-5-2-4-9(8-10)12-7-3-6-11/h9-10,12H,2-8H2,1H3. The van der Waals surface area contributed by atoms with Gasteiger partial charge in [0.2, 0.25) is 0 Å². The van der Waals surface area contributed by atoms with Gasteiger partial charge in [0, 0.05) is 18.5 Å². The number of alkyl halides is 1. The molecule has 2 nitrogen and oxygen atoms in total. The second kappa shape index (κ2) is 6.80. The summed E-state index contributed by atoms with van der Waals surface area (Å²) in [5.41, 5.74) is 0. The Kier molecular flexibility index (Phi) is 6.00. The second-order valence-corrected chi connectivity index (χ2v) is 4.51. The minimum absolute atomic E-state index is 0.496. The first kappa shape index (κ1) is 11.5. The van der Waals surface area contributed by atoms with E-state index < -0.39 is 0 Å². The lowest BCUT2D eigenvalue weighted by molar-refractivity contribution is 0.0590. The van der Waals surface area contributed by atoms with Crippen molar-refractivity contribution in [3.05, 3.63) is 0 Å². The summed E-state index contributed by atoms with van der Waals surface area (Å²) in [5.74, 6) is 0. The smallest absolute Gasteiger partial charge is 0.0586 e. The molecule has 2 atom stereocenters. The Morgan fingerprint density at radius 2 is 2.31 bits per heavy atom. The van der Waals surface area contributed by atoms with E-state index in [1.165, 1.54) is 32.1 Å². The molecule has 0 amide bonds. The topological polar surface area (TPSA) is 21.3 Å². The third-order valence-corrected chi connectivity index (χ3v) is 3.26. The van der Waals surface area contributed by atoms with E-state index in [1.807, 2.05) is 7.11 Å². The van der Waals surface area contributed by atoms with Gasteiger partial charge in [0.25, 0.3) is 0 Å². The van der Waals surface area contributed by atoms with Crippen LogP contribution in [-0.4, -0.2) is 31.1 Å². The number of ether oxygens (including phenoxy) is 1. The van der Waals surface area contributed by atoms with Gasteiger partial charge in [-0.1, -0.05) is 15.9 Å². The first-order valence-electron chi connectivity index (χ1n) is 5.19. The van der Waals surface area contributed by atoms with Gasteiger partial charge in [0.15, 0.2) is 0 Å². The van der Waals surface area contributed by atoms with Crippen molar-refractivity contribution >= 4 is 15.9 Å². The van der Waals surface area contributed by atoms with Crippen molar-refractivity contribution in [3.63, 3.8) is 0 Å². The van der Waals surface area contributed by atoms with Crippen molar-refractivity contribution in [2.24, 2.45) is 0 Å². The first-order valence-corrected chi connectivity index (χ1v) is 6.31. The molecule has 0 saturated heterocycles. The Labute approximate surface area is 89.5 Å². The molecular formula is C10H20BrNO. The number of halogens is 1. The molecule has 78 valence electrons. The zero-order valence-electron chi connectivity index (χ0n) is 8.39. The number of rotatable bonds is 5. The fourth-order valence-corrected chi connectivity index (χ4v) is 2.20. The van der Waals surface area contributed by atoms with Gasteiger partial charge in [-0.2, -0.15) is 0 Å². The van der Waals surface area contributed by atoms with Crippen LogP contribution in [0.5, 0.6) is 0 Å². The lowest BCUT2D eigenvalue weighted by atomic mass is 9.93. The van der Waals surface area contributed by atoms with E-state index >= 15 is 0 Å². The van der Waals surface area contributed by atoms with Gasteiger partial charge in [-0.05, 0) is 38.6 Å². The molecule has 3 heteroatoms. The Hall–Kier alpha value is 0.400. The number of hydrogen-bond donors (Lipinski definition) is 1. The molecule has 2 unspecified atom stereocenters. The van der Waals surface area contributed by atoms with E-state index in [4.69, 9.17) is 4.74 Å². The summed E-state index contributed by atoms with van der Waals surface area (Å²) in [6.45, 7) is 1.13. The highest BCUT2D eigenvalue weighted by Crippen LogP contribution is 2.20. The fourth-order valence-electron chi connectivity index (χ4n) is 1.92. The lowest BCUT2D eigenvalue weighted by Gasteiger charge is -2.28. The molecule has 1 aliphatic carbocycles. The van der Waals surface area contributed by atoms with Gasteiger partial charge < -0.3 is 10.1 Å². The van der Waals surface area contributed by atoms with E-state index in [1.54, 1.807) is 0 Å². The van der Waals surface area contributed by atoms with Crippen LogP contribution in [-0.2, 0) is 4.74 Å². The minimum Gasteiger partial charge on any atom is -0.381 e. The van der Waals surface area contributed by atoms with Crippen LogP contribution >= 0.6 is 15.9 Å². The van der Waals surface area contributed by atoms with Crippen LogP contribution in [0.15, 0.2) is 0 Å². The van der Waals surface area contributed by atoms with Gasteiger partial charge in [-0.15, -0.1) is 0 Å². The highest BCUT2D eigenvalue weighted by atomic mass is 79.9. The zero-order chi connectivity index (χ0) is 9.52. The molecule has 1 N–H and O–H groups in total. The molecular weight excluding hydrogens is 230 g/mol. The van der Waals surface area contributed by atoms with Crippen molar-refractivity contribution < 1.29 is 4.74 Å². The third kappa shape index (κ3) is 4.43. The van der Waals surface area contributed by atoms with Gasteiger partial charge in [0.1, 0.15) is 0 Å². The Morgan fingerprint density at radius 3 is 3.00 bits per heavy atom. The van der Waals surface area contributed by atoms with Gasteiger partial charge in [0.05, 0.1) is 6.10 Å². The molecule has 0 aromatic heterocycles.